The van der Waals surface area contributed by atoms with Crippen LogP contribution in [0.5, 0.6) is 0 Å². The molecule has 2 aromatic heterocycles. The lowest BCUT2D eigenvalue weighted by atomic mass is 10.1. The van der Waals surface area contributed by atoms with Gasteiger partial charge in [0.2, 0.25) is 11.6 Å². The van der Waals surface area contributed by atoms with Crippen molar-refractivity contribution < 1.29 is 4.39 Å². The lowest BCUT2D eigenvalue weighted by Gasteiger charge is -2.34. The molecule has 6 nitrogen and oxygen atoms in total. The summed E-state index contributed by atoms with van der Waals surface area (Å²) in [5.41, 5.74) is 9.21. The molecule has 0 radical (unpaired) electrons. The standard InChI is InChI=1S/C20H21FN6.ClH/c1-13(17-8-7-14(23-2)11-24-17)27-19-6-4-3-5-18(19)25-20(27)26-10-9-15(21)16(22)12-26;/h3-8,11,13,15-16H,9-10,12,22H2,1H3;1H/t13-,15+,16+;/m0./s1. The molecule has 3 aromatic rings. The Morgan fingerprint density at radius 1 is 1.29 bits per heavy atom. The van der Waals surface area contributed by atoms with Gasteiger partial charge in [0.1, 0.15) is 6.17 Å². The minimum atomic E-state index is -0.973. The largest absolute Gasteiger partial charge is 0.340 e. The number of para-hydroxylation sites is 2. The molecule has 3 heterocycles. The summed E-state index contributed by atoms with van der Waals surface area (Å²) in [4.78, 5) is 14.7. The maximum absolute atomic E-state index is 13.9. The highest BCUT2D eigenvalue weighted by molar-refractivity contribution is 5.85. The van der Waals surface area contributed by atoms with Crippen molar-refractivity contribution >= 4 is 35.1 Å². The second kappa shape index (κ2) is 8.13. The fraction of sp³-hybridized carbons (Fsp3) is 0.350. The second-order valence-corrected chi connectivity index (χ2v) is 6.91. The Hall–Kier alpha value is -2.69. The van der Waals surface area contributed by atoms with Crippen LogP contribution < -0.4 is 10.6 Å². The summed E-state index contributed by atoms with van der Waals surface area (Å²) in [6.45, 7) is 10.2. The Morgan fingerprint density at radius 2 is 2.07 bits per heavy atom. The molecule has 0 spiro atoms. The van der Waals surface area contributed by atoms with Crippen LogP contribution in [0.15, 0.2) is 42.6 Å². The van der Waals surface area contributed by atoms with Crippen molar-refractivity contribution in [2.45, 2.75) is 31.6 Å². The molecule has 1 aromatic carbocycles. The number of pyridine rings is 1. The number of benzene rings is 1. The summed E-state index contributed by atoms with van der Waals surface area (Å²) in [5, 5.41) is 0. The van der Waals surface area contributed by atoms with E-state index < -0.39 is 12.2 Å². The van der Waals surface area contributed by atoms with Gasteiger partial charge >= 0.3 is 0 Å². The van der Waals surface area contributed by atoms with Gasteiger partial charge in [0.15, 0.2) is 0 Å². The van der Waals surface area contributed by atoms with Crippen LogP contribution in [0.4, 0.5) is 16.0 Å². The van der Waals surface area contributed by atoms with Gasteiger partial charge in [-0.05, 0) is 31.5 Å². The van der Waals surface area contributed by atoms with Gasteiger partial charge in [-0.1, -0.05) is 18.2 Å². The smallest absolute Gasteiger partial charge is 0.207 e. The zero-order valence-electron chi connectivity index (χ0n) is 15.5. The van der Waals surface area contributed by atoms with Gasteiger partial charge in [-0.25, -0.2) is 14.2 Å². The Balaban J connectivity index is 0.00000225. The molecule has 0 aliphatic carbocycles. The molecule has 28 heavy (non-hydrogen) atoms. The van der Waals surface area contributed by atoms with Crippen LogP contribution in [0.1, 0.15) is 25.1 Å². The van der Waals surface area contributed by atoms with Crippen molar-refractivity contribution in [3.05, 3.63) is 59.7 Å². The van der Waals surface area contributed by atoms with Crippen LogP contribution in [-0.4, -0.2) is 39.8 Å². The first kappa shape index (κ1) is 20.1. The molecule has 146 valence electrons. The van der Waals surface area contributed by atoms with E-state index in [0.717, 1.165) is 22.7 Å². The van der Waals surface area contributed by atoms with Crippen molar-refractivity contribution in [1.29, 1.82) is 0 Å². The number of aromatic nitrogens is 3. The number of anilines is 1. The van der Waals surface area contributed by atoms with Crippen LogP contribution in [0.3, 0.4) is 0 Å². The third-order valence-electron chi connectivity index (χ3n) is 5.15. The van der Waals surface area contributed by atoms with Crippen molar-refractivity contribution in [3.8, 4) is 0 Å². The number of halogens is 2. The van der Waals surface area contributed by atoms with Crippen molar-refractivity contribution in [3.63, 3.8) is 0 Å². The first-order chi connectivity index (χ1) is 13.1. The summed E-state index contributed by atoms with van der Waals surface area (Å²) in [6, 6.07) is 11.0. The predicted molar refractivity (Wildman–Crippen MR) is 111 cm³/mol. The van der Waals surface area contributed by atoms with Gasteiger partial charge in [0, 0.05) is 19.3 Å². The average molecular weight is 401 g/mol. The molecule has 0 amide bonds. The van der Waals surface area contributed by atoms with Crippen LogP contribution in [0.2, 0.25) is 0 Å². The highest BCUT2D eigenvalue weighted by atomic mass is 35.5. The number of hydrogen-bond acceptors (Lipinski definition) is 4. The molecule has 3 atom stereocenters. The normalized spacial score (nSPS) is 20.4. The number of fused-ring (bicyclic) bond motifs is 1. The van der Waals surface area contributed by atoms with Crippen molar-refractivity contribution in [1.82, 2.24) is 14.5 Å². The third kappa shape index (κ3) is 3.53. The molecular formula is C20H22ClFN6. The fourth-order valence-corrected chi connectivity index (χ4v) is 3.61. The fourth-order valence-electron chi connectivity index (χ4n) is 3.61. The summed E-state index contributed by atoms with van der Waals surface area (Å²) in [6.07, 6.45) is 1.01. The van der Waals surface area contributed by atoms with Crippen LogP contribution in [0, 0.1) is 6.57 Å². The quantitative estimate of drug-likeness (QED) is 0.677. The molecule has 1 saturated heterocycles. The van der Waals surface area contributed by atoms with Gasteiger partial charge < -0.3 is 15.2 Å². The highest BCUT2D eigenvalue weighted by Crippen LogP contribution is 2.31. The first-order valence-electron chi connectivity index (χ1n) is 9.03. The number of imidazole rings is 1. The van der Waals surface area contributed by atoms with Crippen molar-refractivity contribution in [2.24, 2.45) is 5.73 Å². The highest BCUT2D eigenvalue weighted by Gasteiger charge is 2.30. The minimum absolute atomic E-state index is 0. The number of rotatable bonds is 3. The Morgan fingerprint density at radius 3 is 2.75 bits per heavy atom. The van der Waals surface area contributed by atoms with E-state index in [4.69, 9.17) is 17.3 Å². The number of nitrogens with zero attached hydrogens (tertiary/aromatic N) is 5. The lowest BCUT2D eigenvalue weighted by Crippen LogP contribution is -2.50. The molecule has 1 aliphatic rings. The Bertz CT molecular complexity index is 996. The third-order valence-corrected chi connectivity index (χ3v) is 5.15. The van der Waals surface area contributed by atoms with E-state index >= 15 is 0 Å². The SMILES string of the molecule is Cl.[C-]#[N+]c1ccc([C@H](C)n2c(N3CC[C@@H](F)[C@H](N)C3)nc3ccccc32)nc1. The molecule has 4 rings (SSSR count). The number of alkyl halides is 1. The maximum Gasteiger partial charge on any atom is 0.207 e. The summed E-state index contributed by atoms with van der Waals surface area (Å²) in [5.74, 6) is 0.780. The molecule has 8 heteroatoms. The van der Waals surface area contributed by atoms with E-state index in [1.807, 2.05) is 30.3 Å². The lowest BCUT2D eigenvalue weighted by molar-refractivity contribution is 0.243. The molecule has 0 saturated carbocycles. The Labute approximate surface area is 169 Å². The summed E-state index contributed by atoms with van der Waals surface area (Å²) >= 11 is 0. The number of hydrogen-bond donors (Lipinski definition) is 1. The van der Waals surface area contributed by atoms with Gasteiger partial charge in [0.25, 0.3) is 0 Å². The van der Waals surface area contributed by atoms with Crippen LogP contribution in [0.25, 0.3) is 15.9 Å². The first-order valence-corrected chi connectivity index (χ1v) is 9.03. The van der Waals surface area contributed by atoms with E-state index in [9.17, 15) is 4.39 Å². The van der Waals surface area contributed by atoms with E-state index in [-0.39, 0.29) is 18.4 Å². The zero-order valence-corrected chi connectivity index (χ0v) is 16.3. The average Bonchev–Trinajstić information content (AvgIpc) is 3.09. The Kier molecular flexibility index (Phi) is 5.82. The molecule has 1 aliphatic heterocycles. The molecular weight excluding hydrogens is 379 g/mol. The van der Waals surface area contributed by atoms with Gasteiger partial charge in [0.05, 0.1) is 35.4 Å². The van der Waals surface area contributed by atoms with Gasteiger partial charge in [-0.3, -0.25) is 4.98 Å². The topological polar surface area (TPSA) is 64.3 Å². The molecule has 2 N–H and O–H groups in total. The second-order valence-electron chi connectivity index (χ2n) is 6.91. The van der Waals surface area contributed by atoms with Gasteiger partial charge in [-0.15, -0.1) is 12.4 Å². The van der Waals surface area contributed by atoms with E-state index in [1.165, 1.54) is 0 Å². The predicted octanol–water partition coefficient (Wildman–Crippen LogP) is 3.89. The van der Waals surface area contributed by atoms with E-state index in [0.29, 0.717) is 25.2 Å². The summed E-state index contributed by atoms with van der Waals surface area (Å²) < 4.78 is 16.0. The molecule has 0 bridgehead atoms. The summed E-state index contributed by atoms with van der Waals surface area (Å²) in [7, 11) is 0. The molecule has 0 unspecified atom stereocenters. The maximum atomic E-state index is 13.9. The number of nitrogens with two attached hydrogens (primary N) is 1. The van der Waals surface area contributed by atoms with Crippen molar-refractivity contribution in [2.75, 3.05) is 18.0 Å². The van der Waals surface area contributed by atoms with E-state index in [1.54, 1.807) is 12.3 Å². The number of piperidine rings is 1. The van der Waals surface area contributed by atoms with Crippen LogP contribution in [-0.2, 0) is 0 Å². The van der Waals surface area contributed by atoms with E-state index in [2.05, 4.69) is 26.2 Å². The molecule has 1 fully saturated rings. The monoisotopic (exact) mass is 400 g/mol. The van der Waals surface area contributed by atoms with Gasteiger partial charge in [-0.2, -0.15) is 0 Å². The minimum Gasteiger partial charge on any atom is -0.340 e. The van der Waals surface area contributed by atoms with Crippen LogP contribution >= 0.6 is 12.4 Å². The zero-order chi connectivity index (χ0) is 19.0.